The summed E-state index contributed by atoms with van der Waals surface area (Å²) in [6.07, 6.45) is 3.03. The maximum atomic E-state index is 11.6. The van der Waals surface area contributed by atoms with Crippen molar-refractivity contribution in [1.82, 2.24) is 9.97 Å². The van der Waals surface area contributed by atoms with Crippen LogP contribution in [0.5, 0.6) is 0 Å². The topological polar surface area (TPSA) is 90.2 Å². The second-order valence-corrected chi connectivity index (χ2v) is 2.98. The van der Waals surface area contributed by atoms with Crippen molar-refractivity contribution in [1.29, 1.82) is 0 Å². The lowest BCUT2D eigenvalue weighted by atomic mass is 10.4. The molecule has 0 unspecified atom stereocenters. The summed E-state index contributed by atoms with van der Waals surface area (Å²) in [5.74, 6) is 0.371. The van der Waals surface area contributed by atoms with Gasteiger partial charge in [0.2, 0.25) is 5.82 Å². The molecule has 2 aromatic rings. The quantitative estimate of drug-likeness (QED) is 0.471. The van der Waals surface area contributed by atoms with E-state index in [4.69, 9.17) is 5.73 Å². The molecule has 2 N–H and O–H groups in total. The van der Waals surface area contributed by atoms with Crippen LogP contribution in [-0.4, -0.2) is 14.8 Å². The summed E-state index contributed by atoms with van der Waals surface area (Å²) in [6, 6.07) is 8.26. The van der Waals surface area contributed by atoms with Crippen molar-refractivity contribution in [2.24, 2.45) is 5.11 Å². The van der Waals surface area contributed by atoms with E-state index in [1.807, 2.05) is 0 Å². The molecule has 2 aromatic heterocycles. The highest BCUT2D eigenvalue weighted by atomic mass is 16.5. The molecule has 2 heterocycles. The maximum absolute atomic E-state index is 11.6. The van der Waals surface area contributed by atoms with Gasteiger partial charge in [-0.3, -0.25) is 0 Å². The smallest absolute Gasteiger partial charge is 0.346 e. The first-order valence-electron chi connectivity index (χ1n) is 4.58. The van der Waals surface area contributed by atoms with Crippen molar-refractivity contribution in [3.63, 3.8) is 0 Å². The molecule has 0 aliphatic heterocycles. The minimum atomic E-state index is 0.183. The Morgan fingerprint density at radius 1 is 1.12 bits per heavy atom. The molecule has 0 saturated carbocycles. The van der Waals surface area contributed by atoms with Gasteiger partial charge in [0, 0.05) is 12.3 Å². The molecule has 6 heteroatoms. The molecule has 0 bridgehead atoms. The number of nitrogens with two attached hydrogens (primary N) is 1. The molecule has 16 heavy (non-hydrogen) atoms. The summed E-state index contributed by atoms with van der Waals surface area (Å²) in [7, 11) is 0. The molecule has 0 aliphatic rings. The number of nitrogen functional groups attached to an aromatic ring is 1. The Bertz CT molecular complexity index is 512. The molecule has 0 radical (unpaired) electrons. The summed E-state index contributed by atoms with van der Waals surface area (Å²) in [5, 5.41) is 15.3. The van der Waals surface area contributed by atoms with Crippen LogP contribution in [0.2, 0.25) is 0 Å². The van der Waals surface area contributed by atoms with Crippen LogP contribution in [0.3, 0.4) is 0 Å². The van der Waals surface area contributed by atoms with Crippen LogP contribution < -0.4 is 5.73 Å². The first-order chi connectivity index (χ1) is 7.77. The molecule has 0 aliphatic carbocycles. The highest BCUT2D eigenvalue weighted by molar-refractivity contribution is 5.55. The van der Waals surface area contributed by atoms with Crippen LogP contribution in [0.4, 0.5) is 17.3 Å². The minimum absolute atomic E-state index is 0.183. The molecule has 0 fully saturated rings. The number of hydrogen-bond acceptors (Lipinski definition) is 5. The Kier molecular flexibility index (Phi) is 2.73. The second kappa shape index (κ2) is 4.35. The Balaban J connectivity index is 2.36. The molecule has 2 rings (SSSR count). The Morgan fingerprint density at radius 2 is 1.94 bits per heavy atom. The van der Waals surface area contributed by atoms with Gasteiger partial charge in [0.25, 0.3) is 0 Å². The van der Waals surface area contributed by atoms with E-state index in [0.29, 0.717) is 10.5 Å². The minimum Gasteiger partial charge on any atom is -0.690 e. The summed E-state index contributed by atoms with van der Waals surface area (Å²) in [6.45, 7) is 0. The van der Waals surface area contributed by atoms with Crippen molar-refractivity contribution in [3.8, 4) is 0 Å². The number of aromatic nitrogens is 2. The summed E-state index contributed by atoms with van der Waals surface area (Å²) in [4.78, 5) is 8.13. The fourth-order valence-electron chi connectivity index (χ4n) is 1.10. The monoisotopic (exact) mass is 215 g/mol. The highest BCUT2D eigenvalue weighted by Gasteiger charge is 2.04. The van der Waals surface area contributed by atoms with Gasteiger partial charge in [-0.25, -0.2) is 4.98 Å². The highest BCUT2D eigenvalue weighted by Crippen LogP contribution is 2.19. The number of azo groups is 1. The molecule has 0 spiro atoms. The van der Waals surface area contributed by atoms with Gasteiger partial charge in [0.15, 0.2) is 0 Å². The average molecular weight is 215 g/mol. The molecule has 6 nitrogen and oxygen atoms in total. The SMILES string of the molecule is Nc1cccnc1N=[N+]([O-])c1ccccn1. The van der Waals surface area contributed by atoms with Gasteiger partial charge in [-0.1, -0.05) is 11.2 Å². The maximum Gasteiger partial charge on any atom is 0.346 e. The van der Waals surface area contributed by atoms with E-state index in [1.54, 1.807) is 30.3 Å². The predicted molar refractivity (Wildman–Crippen MR) is 58.3 cm³/mol. The van der Waals surface area contributed by atoms with Gasteiger partial charge in [-0.05, 0) is 23.2 Å². The summed E-state index contributed by atoms with van der Waals surface area (Å²) >= 11 is 0. The van der Waals surface area contributed by atoms with Gasteiger partial charge in [0.05, 0.1) is 5.69 Å². The molecule has 80 valence electrons. The van der Waals surface area contributed by atoms with Crippen LogP contribution in [0.1, 0.15) is 0 Å². The van der Waals surface area contributed by atoms with Gasteiger partial charge < -0.3 is 10.9 Å². The fourth-order valence-corrected chi connectivity index (χ4v) is 1.10. The number of nitrogens with zero attached hydrogens (tertiary/aromatic N) is 4. The van der Waals surface area contributed by atoms with Crippen LogP contribution >= 0.6 is 0 Å². The van der Waals surface area contributed by atoms with Gasteiger partial charge >= 0.3 is 5.82 Å². The van der Waals surface area contributed by atoms with Crippen molar-refractivity contribution in [2.45, 2.75) is 0 Å². The van der Waals surface area contributed by atoms with Gasteiger partial charge in [-0.2, -0.15) is 0 Å². The molecule has 0 saturated heterocycles. The van der Waals surface area contributed by atoms with Crippen LogP contribution in [0, 0.1) is 5.21 Å². The number of rotatable bonds is 2. The zero-order chi connectivity index (χ0) is 11.4. The van der Waals surface area contributed by atoms with E-state index >= 15 is 0 Å². The number of pyridine rings is 2. The number of hydrogen-bond donors (Lipinski definition) is 1. The largest absolute Gasteiger partial charge is 0.690 e. The average Bonchev–Trinajstić information content (AvgIpc) is 2.33. The lowest BCUT2D eigenvalue weighted by Crippen LogP contribution is -1.95. The normalized spacial score (nSPS) is 11.4. The van der Waals surface area contributed by atoms with E-state index in [9.17, 15) is 5.21 Å². The van der Waals surface area contributed by atoms with E-state index in [1.165, 1.54) is 12.4 Å². The molecular formula is C10H9N5O. The molecule has 0 atom stereocenters. The zero-order valence-electron chi connectivity index (χ0n) is 8.32. The van der Waals surface area contributed by atoms with Crippen molar-refractivity contribution in [2.75, 3.05) is 5.73 Å². The van der Waals surface area contributed by atoms with Crippen LogP contribution in [-0.2, 0) is 0 Å². The third-order valence-corrected chi connectivity index (χ3v) is 1.85. The lowest BCUT2D eigenvalue weighted by molar-refractivity contribution is -0.439. The third kappa shape index (κ3) is 2.11. The lowest BCUT2D eigenvalue weighted by Gasteiger charge is -2.02. The van der Waals surface area contributed by atoms with Crippen LogP contribution in [0.25, 0.3) is 0 Å². The van der Waals surface area contributed by atoms with E-state index in [2.05, 4.69) is 15.1 Å². The fraction of sp³-hybridized carbons (Fsp3) is 0. The molecular weight excluding hydrogens is 206 g/mol. The molecule has 0 aromatic carbocycles. The summed E-state index contributed by atoms with van der Waals surface area (Å²) < 4.78 is 0. The zero-order valence-corrected chi connectivity index (χ0v) is 8.32. The first kappa shape index (κ1) is 10.0. The second-order valence-electron chi connectivity index (χ2n) is 2.98. The molecule has 0 amide bonds. The Labute approximate surface area is 91.7 Å². The van der Waals surface area contributed by atoms with Crippen LogP contribution in [0.15, 0.2) is 47.8 Å². The third-order valence-electron chi connectivity index (χ3n) is 1.85. The first-order valence-corrected chi connectivity index (χ1v) is 4.58. The van der Waals surface area contributed by atoms with E-state index in [-0.39, 0.29) is 11.6 Å². The van der Waals surface area contributed by atoms with Gasteiger partial charge in [0.1, 0.15) is 6.20 Å². The Morgan fingerprint density at radius 3 is 2.62 bits per heavy atom. The number of anilines is 1. The summed E-state index contributed by atoms with van der Waals surface area (Å²) in [5.41, 5.74) is 5.95. The van der Waals surface area contributed by atoms with Crippen molar-refractivity contribution >= 4 is 17.3 Å². The van der Waals surface area contributed by atoms with Gasteiger partial charge in [-0.15, -0.1) is 4.86 Å². The van der Waals surface area contributed by atoms with Crippen molar-refractivity contribution < 1.29 is 4.86 Å². The van der Waals surface area contributed by atoms with E-state index < -0.39 is 0 Å². The standard InChI is InChI=1S/C10H9N5O/c11-8-4-3-7-13-10(8)14-15(16)9-5-1-2-6-12-9/h1-7H,11H2. The van der Waals surface area contributed by atoms with Crippen molar-refractivity contribution in [3.05, 3.63) is 47.9 Å². The Hall–Kier alpha value is -2.50. The van der Waals surface area contributed by atoms with E-state index in [0.717, 1.165) is 0 Å². The predicted octanol–water partition coefficient (Wildman–Crippen LogP) is 1.98.